The van der Waals surface area contributed by atoms with Crippen molar-refractivity contribution in [2.75, 3.05) is 20.3 Å². The van der Waals surface area contributed by atoms with E-state index in [-0.39, 0.29) is 22.0 Å². The minimum atomic E-state index is -0.124. The number of unbranched alkanes of at least 4 members (excludes halogenated alkanes) is 34. The highest BCUT2D eigenvalue weighted by molar-refractivity contribution is 4.85. The molecule has 0 saturated heterocycles. The average molecular weight is 891 g/mol. The molecule has 3 heteroatoms. The van der Waals surface area contributed by atoms with Gasteiger partial charge in [0.25, 0.3) is 0 Å². The molecule has 0 amide bonds. The Kier molecular flexibility index (Phi) is 41.9. The third-order valence-corrected chi connectivity index (χ3v) is 14.8. The number of rotatable bonds is 51. The molecular weight excluding hydrogens is 767 g/mol. The van der Waals surface area contributed by atoms with Crippen LogP contribution in [0.15, 0.2) is 0 Å². The Morgan fingerprint density at radius 3 is 0.952 bits per heavy atom. The quantitative estimate of drug-likeness (QED) is 0.0617. The van der Waals surface area contributed by atoms with E-state index < -0.39 is 0 Å². The summed E-state index contributed by atoms with van der Waals surface area (Å²) in [7, 11) is 1.80. The zero-order chi connectivity index (χ0) is 46.8. The molecule has 0 aromatic heterocycles. The van der Waals surface area contributed by atoms with Crippen LogP contribution < -0.4 is 5.32 Å². The van der Waals surface area contributed by atoms with Crippen molar-refractivity contribution in [1.82, 2.24) is 5.32 Å². The molecular formula is C60H123NO2. The van der Waals surface area contributed by atoms with Gasteiger partial charge >= 0.3 is 0 Å². The second kappa shape index (κ2) is 42.0. The van der Waals surface area contributed by atoms with Crippen LogP contribution in [0.3, 0.4) is 0 Å². The van der Waals surface area contributed by atoms with Crippen LogP contribution in [-0.2, 0) is 9.47 Å². The van der Waals surface area contributed by atoms with Crippen LogP contribution in [0.4, 0.5) is 0 Å². The van der Waals surface area contributed by atoms with Crippen LogP contribution in [0.2, 0.25) is 0 Å². The van der Waals surface area contributed by atoms with Gasteiger partial charge in [0.1, 0.15) is 0 Å². The highest BCUT2D eigenvalue weighted by Crippen LogP contribution is 2.39. The first kappa shape index (κ1) is 62.9. The third kappa shape index (κ3) is 45.4. The minimum absolute atomic E-state index is 0.104. The largest absolute Gasteiger partial charge is 0.379 e. The summed E-state index contributed by atoms with van der Waals surface area (Å²) in [6, 6.07) is 0.679. The Morgan fingerprint density at radius 1 is 0.349 bits per heavy atom. The summed E-state index contributed by atoms with van der Waals surface area (Å²) in [5, 5.41) is 4.18. The Hall–Kier alpha value is -0.120. The van der Waals surface area contributed by atoms with Gasteiger partial charge in [-0.2, -0.15) is 0 Å². The zero-order valence-corrected chi connectivity index (χ0v) is 46.0. The van der Waals surface area contributed by atoms with Crippen molar-refractivity contribution in [3.8, 4) is 0 Å². The van der Waals surface area contributed by atoms with Crippen LogP contribution in [0.5, 0.6) is 0 Å². The van der Waals surface area contributed by atoms with E-state index >= 15 is 0 Å². The van der Waals surface area contributed by atoms with Crippen LogP contribution in [0.25, 0.3) is 0 Å². The third-order valence-electron chi connectivity index (χ3n) is 14.8. The molecule has 0 fully saturated rings. The molecule has 0 radical (unpaired) electrons. The first-order chi connectivity index (χ1) is 30.2. The summed E-state index contributed by atoms with van der Waals surface area (Å²) < 4.78 is 12.0. The lowest BCUT2D eigenvalue weighted by molar-refractivity contribution is -0.0658. The maximum atomic E-state index is 6.40. The smallest absolute Gasteiger partial charge is 0.0644 e. The van der Waals surface area contributed by atoms with Gasteiger partial charge in [-0.15, -0.1) is 0 Å². The van der Waals surface area contributed by atoms with Gasteiger partial charge in [-0.05, 0) is 77.0 Å². The summed E-state index contributed by atoms with van der Waals surface area (Å²) >= 11 is 0. The lowest BCUT2D eigenvalue weighted by atomic mass is 9.71. The molecule has 0 unspecified atom stereocenters. The zero-order valence-electron chi connectivity index (χ0n) is 46.0. The van der Waals surface area contributed by atoms with Gasteiger partial charge in [-0.3, -0.25) is 0 Å². The molecule has 1 N–H and O–H groups in total. The molecule has 380 valence electrons. The molecule has 0 aliphatic heterocycles. The second-order valence-electron chi connectivity index (χ2n) is 24.0. The SMILES string of the molecule is CCCCCCCCCCCCCCCCCCCCC(CCCCCCCCCCCCCCCCCCCC)NCC(C)(C)CC(C)(C)CCC(C)(C)OCCC(C)(C)OC. The molecule has 0 atom stereocenters. The molecule has 0 bridgehead atoms. The Balaban J connectivity index is 4.53. The summed E-state index contributed by atoms with van der Waals surface area (Å²) in [5.41, 5.74) is 0.333. The van der Waals surface area contributed by atoms with Crippen molar-refractivity contribution >= 4 is 0 Å². The average Bonchev–Trinajstić information content (AvgIpc) is 3.23. The van der Waals surface area contributed by atoms with Crippen molar-refractivity contribution < 1.29 is 9.47 Å². The maximum absolute atomic E-state index is 6.40. The Bertz CT molecular complexity index is 883. The van der Waals surface area contributed by atoms with Crippen LogP contribution in [0, 0.1) is 10.8 Å². The van der Waals surface area contributed by atoms with Gasteiger partial charge in [-0.1, -0.05) is 273 Å². The molecule has 0 heterocycles. The molecule has 0 aliphatic carbocycles. The van der Waals surface area contributed by atoms with E-state index in [0.29, 0.717) is 6.04 Å². The molecule has 3 nitrogen and oxygen atoms in total. The van der Waals surface area contributed by atoms with Crippen LogP contribution >= 0.6 is 0 Å². The summed E-state index contributed by atoms with van der Waals surface area (Å²) in [4.78, 5) is 0. The molecule has 0 aromatic rings. The van der Waals surface area contributed by atoms with E-state index in [1.807, 2.05) is 0 Å². The van der Waals surface area contributed by atoms with Gasteiger partial charge in [0.2, 0.25) is 0 Å². The normalized spacial score (nSPS) is 13.0. The Morgan fingerprint density at radius 2 is 0.651 bits per heavy atom. The maximum Gasteiger partial charge on any atom is 0.0644 e. The fraction of sp³-hybridized carbons (Fsp3) is 1.00. The number of methoxy groups -OCH3 is 1. The van der Waals surface area contributed by atoms with Crippen molar-refractivity contribution in [3.05, 3.63) is 0 Å². The number of hydrogen-bond acceptors (Lipinski definition) is 3. The summed E-state index contributed by atoms with van der Waals surface area (Å²) in [6.45, 7) is 25.4. The standard InChI is InChI=1S/C60H123NO2/c1-12-14-16-18-20-22-24-26-28-30-32-34-36-38-40-42-44-46-48-56(49-47-45-43-41-39-37-35-33-31-29-27-25-23-21-19-17-15-13-2)61-55-58(5,6)54-57(3,4)50-51-60(9,10)63-53-52-59(7,8)62-11/h56,61H,12-55H2,1-11H3. The van der Waals surface area contributed by atoms with Crippen molar-refractivity contribution in [1.29, 1.82) is 0 Å². The van der Waals surface area contributed by atoms with Crippen LogP contribution in [-0.4, -0.2) is 37.5 Å². The molecule has 0 spiro atoms. The van der Waals surface area contributed by atoms with Crippen molar-refractivity contribution in [3.63, 3.8) is 0 Å². The fourth-order valence-corrected chi connectivity index (χ4v) is 10.2. The van der Waals surface area contributed by atoms with Crippen molar-refractivity contribution in [2.45, 2.75) is 356 Å². The number of hydrogen-bond donors (Lipinski definition) is 1. The second-order valence-corrected chi connectivity index (χ2v) is 24.0. The Labute approximate surface area is 400 Å². The lowest BCUT2D eigenvalue weighted by Crippen LogP contribution is -2.39. The van der Waals surface area contributed by atoms with Gasteiger partial charge in [0, 0.05) is 19.7 Å². The molecule has 63 heavy (non-hydrogen) atoms. The number of ether oxygens (including phenoxy) is 2. The summed E-state index contributed by atoms with van der Waals surface area (Å²) in [5.74, 6) is 0. The molecule has 0 aliphatic rings. The van der Waals surface area contributed by atoms with E-state index in [9.17, 15) is 0 Å². The molecule has 0 rings (SSSR count). The topological polar surface area (TPSA) is 30.5 Å². The van der Waals surface area contributed by atoms with Crippen LogP contribution in [0.1, 0.15) is 339 Å². The fourth-order valence-electron chi connectivity index (χ4n) is 10.2. The monoisotopic (exact) mass is 890 g/mol. The van der Waals surface area contributed by atoms with Gasteiger partial charge in [0.05, 0.1) is 17.8 Å². The van der Waals surface area contributed by atoms with Crippen molar-refractivity contribution in [2.24, 2.45) is 10.8 Å². The lowest BCUT2D eigenvalue weighted by Gasteiger charge is -2.38. The predicted molar refractivity (Wildman–Crippen MR) is 286 cm³/mol. The van der Waals surface area contributed by atoms with E-state index in [4.69, 9.17) is 9.47 Å². The summed E-state index contributed by atoms with van der Waals surface area (Å²) in [6.07, 6.45) is 59.4. The molecule has 0 aromatic carbocycles. The van der Waals surface area contributed by atoms with E-state index in [2.05, 4.69) is 74.6 Å². The first-order valence-electron chi connectivity index (χ1n) is 29.1. The van der Waals surface area contributed by atoms with Gasteiger partial charge in [-0.25, -0.2) is 0 Å². The van der Waals surface area contributed by atoms with E-state index in [1.54, 1.807) is 7.11 Å². The number of nitrogens with one attached hydrogen (secondary N) is 1. The minimum Gasteiger partial charge on any atom is -0.379 e. The van der Waals surface area contributed by atoms with Gasteiger partial charge in [0.15, 0.2) is 0 Å². The predicted octanol–water partition coefficient (Wildman–Crippen LogP) is 20.6. The first-order valence-corrected chi connectivity index (χ1v) is 29.1. The highest BCUT2D eigenvalue weighted by atomic mass is 16.5. The van der Waals surface area contributed by atoms with Gasteiger partial charge < -0.3 is 14.8 Å². The molecule has 0 saturated carbocycles. The van der Waals surface area contributed by atoms with E-state index in [1.165, 1.54) is 257 Å². The highest BCUT2D eigenvalue weighted by Gasteiger charge is 2.32. The van der Waals surface area contributed by atoms with E-state index in [0.717, 1.165) is 26.0 Å².